The summed E-state index contributed by atoms with van der Waals surface area (Å²) in [4.78, 5) is 55.4. The fraction of sp³-hybridized carbons (Fsp3) is 0.556. The van der Waals surface area contributed by atoms with Crippen LogP contribution in [0.4, 0.5) is 0 Å². The molecule has 3 aliphatic rings. The zero-order valence-electron chi connectivity index (χ0n) is 47.4. The van der Waals surface area contributed by atoms with Crippen LogP contribution >= 0.6 is 0 Å². The van der Waals surface area contributed by atoms with Crippen molar-refractivity contribution in [3.8, 4) is 0 Å². The first-order valence-electron chi connectivity index (χ1n) is 28.5. The summed E-state index contributed by atoms with van der Waals surface area (Å²) in [6.07, 6.45) is -9.47. The summed E-state index contributed by atoms with van der Waals surface area (Å²) in [6.45, 7) is 14.0. The van der Waals surface area contributed by atoms with E-state index in [1.165, 1.54) is 0 Å². The number of aliphatic hydroxyl groups is 1. The number of carbonyl (C=O) groups is 4. The van der Waals surface area contributed by atoms with Gasteiger partial charge in [0.25, 0.3) is 0 Å². The van der Waals surface area contributed by atoms with Gasteiger partial charge in [-0.2, -0.15) is 0 Å². The Morgan fingerprint density at radius 1 is 0.613 bits per heavy atom. The summed E-state index contributed by atoms with van der Waals surface area (Å²) >= 11 is 0. The smallest absolute Gasteiger partial charge is 0.308 e. The average Bonchev–Trinajstić information content (AvgIpc) is 3.48. The van der Waals surface area contributed by atoms with Crippen LogP contribution in [0.25, 0.3) is 0 Å². The summed E-state index contributed by atoms with van der Waals surface area (Å²) in [6, 6.07) is 36.1. The fourth-order valence-corrected chi connectivity index (χ4v) is 10.3. The maximum absolute atomic E-state index is 14.4. The van der Waals surface area contributed by atoms with Crippen molar-refractivity contribution in [2.75, 3.05) is 13.2 Å². The number of carbonyl (C=O) groups excluding carboxylic acids is 4. The lowest BCUT2D eigenvalue weighted by Gasteiger charge is -2.49. The van der Waals surface area contributed by atoms with Crippen molar-refractivity contribution in [3.63, 3.8) is 0 Å². The van der Waals surface area contributed by atoms with Crippen molar-refractivity contribution in [2.45, 2.75) is 199 Å². The third kappa shape index (κ3) is 19.0. The Bertz CT molecular complexity index is 2470. The van der Waals surface area contributed by atoms with Crippen LogP contribution in [0.2, 0.25) is 0 Å². The number of ether oxygens (including phenoxy) is 10. The Balaban J connectivity index is 1.16. The number of benzene rings is 4. The molecule has 0 radical (unpaired) electrons. The van der Waals surface area contributed by atoms with Gasteiger partial charge in [-0.25, -0.2) is 0 Å². The predicted octanol–water partition coefficient (Wildman–Crippen LogP) is 8.62. The van der Waals surface area contributed by atoms with E-state index in [1.54, 1.807) is 13.8 Å². The highest BCUT2D eigenvalue weighted by Crippen LogP contribution is 2.36. The second-order valence-corrected chi connectivity index (χ2v) is 21.9. The first kappa shape index (κ1) is 62.0. The van der Waals surface area contributed by atoms with Gasteiger partial charge in [0.05, 0.1) is 76.7 Å². The van der Waals surface area contributed by atoms with E-state index in [2.05, 4.69) is 24.5 Å². The minimum Gasteiger partial charge on any atom is -0.462 e. The molecule has 80 heavy (non-hydrogen) atoms. The largest absolute Gasteiger partial charge is 0.462 e. The van der Waals surface area contributed by atoms with Crippen LogP contribution in [0.3, 0.4) is 0 Å². The van der Waals surface area contributed by atoms with Gasteiger partial charge in [0.2, 0.25) is 11.8 Å². The number of hydrogen-bond acceptors (Lipinski definition) is 15. The number of aliphatic hydroxyl groups excluding tert-OH is 1. The van der Waals surface area contributed by atoms with Crippen LogP contribution < -0.4 is 10.6 Å². The van der Waals surface area contributed by atoms with E-state index in [0.717, 1.165) is 22.3 Å². The molecule has 0 aromatic heterocycles. The van der Waals surface area contributed by atoms with E-state index >= 15 is 0 Å². The van der Waals surface area contributed by atoms with Crippen LogP contribution in [-0.4, -0.2) is 121 Å². The second-order valence-electron chi connectivity index (χ2n) is 21.9. The second kappa shape index (κ2) is 31.6. The fourth-order valence-electron chi connectivity index (χ4n) is 10.3. The number of nitrogens with one attached hydrogen (secondary N) is 2. The molecule has 3 heterocycles. The Morgan fingerprint density at radius 3 is 1.73 bits per heavy atom. The number of amides is 2. The lowest BCUT2D eigenvalue weighted by atomic mass is 9.92. The van der Waals surface area contributed by atoms with E-state index in [0.29, 0.717) is 32.5 Å². The topological polar surface area (TPSA) is 205 Å². The molecule has 436 valence electrons. The Hall–Kier alpha value is -5.60. The van der Waals surface area contributed by atoms with Crippen molar-refractivity contribution < 1.29 is 71.7 Å². The molecular weight excluding hydrogens is 1020 g/mol. The van der Waals surface area contributed by atoms with Crippen LogP contribution in [0.5, 0.6) is 0 Å². The molecule has 4 aromatic carbocycles. The molecule has 0 aliphatic carbocycles. The van der Waals surface area contributed by atoms with Crippen LogP contribution in [0.15, 0.2) is 121 Å². The van der Waals surface area contributed by atoms with Gasteiger partial charge in [0, 0.05) is 12.0 Å². The molecule has 17 heteroatoms. The van der Waals surface area contributed by atoms with E-state index in [-0.39, 0.29) is 63.2 Å². The molecule has 2 amide bonds. The van der Waals surface area contributed by atoms with Gasteiger partial charge in [0.1, 0.15) is 42.7 Å². The average molecular weight is 1110 g/mol. The molecule has 17 nitrogen and oxygen atoms in total. The van der Waals surface area contributed by atoms with E-state index < -0.39 is 104 Å². The summed E-state index contributed by atoms with van der Waals surface area (Å²) in [5.41, 5.74) is 3.50. The van der Waals surface area contributed by atoms with E-state index in [9.17, 15) is 24.3 Å². The summed E-state index contributed by atoms with van der Waals surface area (Å²) in [5.74, 6) is -1.51. The van der Waals surface area contributed by atoms with Crippen molar-refractivity contribution in [2.24, 2.45) is 11.8 Å². The molecule has 4 aromatic rings. The van der Waals surface area contributed by atoms with Crippen molar-refractivity contribution >= 4 is 23.8 Å². The van der Waals surface area contributed by atoms with E-state index in [1.807, 2.05) is 142 Å². The van der Waals surface area contributed by atoms with Crippen LogP contribution in [-0.2, 0) is 86.4 Å². The minimum absolute atomic E-state index is 0.0214. The highest BCUT2D eigenvalue weighted by atomic mass is 16.8. The van der Waals surface area contributed by atoms with Gasteiger partial charge in [-0.3, -0.25) is 19.2 Å². The van der Waals surface area contributed by atoms with Crippen LogP contribution in [0.1, 0.15) is 122 Å². The molecule has 14 atom stereocenters. The van der Waals surface area contributed by atoms with Gasteiger partial charge >= 0.3 is 11.9 Å². The van der Waals surface area contributed by atoms with Crippen LogP contribution in [0, 0.1) is 11.8 Å². The molecule has 3 aliphatic heterocycles. The number of esters is 2. The highest BCUT2D eigenvalue weighted by Gasteiger charge is 2.53. The first-order chi connectivity index (χ1) is 38.7. The van der Waals surface area contributed by atoms with Gasteiger partial charge in [-0.15, -0.1) is 0 Å². The normalized spacial score (nSPS) is 25.9. The molecule has 0 spiro atoms. The quantitative estimate of drug-likeness (QED) is 0.0436. The van der Waals surface area contributed by atoms with Crippen molar-refractivity contribution in [1.29, 1.82) is 0 Å². The molecule has 0 bridgehead atoms. The lowest BCUT2D eigenvalue weighted by molar-refractivity contribution is -0.348. The molecule has 3 fully saturated rings. The van der Waals surface area contributed by atoms with Gasteiger partial charge in [-0.05, 0) is 54.7 Å². The van der Waals surface area contributed by atoms with Crippen molar-refractivity contribution in [1.82, 2.24) is 10.6 Å². The maximum Gasteiger partial charge on any atom is 0.308 e. The third-order valence-corrected chi connectivity index (χ3v) is 14.4. The molecule has 3 N–H and O–H groups in total. The molecular formula is C63H84N2O15. The van der Waals surface area contributed by atoms with Gasteiger partial charge < -0.3 is 63.1 Å². The number of rotatable bonds is 29. The van der Waals surface area contributed by atoms with Gasteiger partial charge in [-0.1, -0.05) is 163 Å². The standard InChI is InChI=1S/C63H84N2O15/c1-8-47(71-35-43-22-14-10-15-23-43)34-55(69)79-61-56(64-52(66)32-48(30-40(3)4)72-36-44-24-16-11-17-25-44)42(7)76-51(60(61)73-37-45-26-18-12-19-27-45)39-75-63-57(65-53(67)33-49(31-41(5)6)77-54(68)9-2)58(70)59-50(78-63)38-74-62(80-59)46-28-20-13-21-29-46/h10-29,40-42,47-51,56-63,70H,8-9,30-39H2,1-7H3,(H,64,66)(H,65,67)/t42-,47-,48-,49-,50?,51?,56?,57?,58-,59-,60-,61-,62?,63-/m1/s1. The van der Waals surface area contributed by atoms with Crippen molar-refractivity contribution in [3.05, 3.63) is 144 Å². The third-order valence-electron chi connectivity index (χ3n) is 14.4. The molecule has 7 rings (SSSR count). The lowest BCUT2D eigenvalue weighted by Crippen LogP contribution is -2.68. The Labute approximate surface area is 471 Å². The zero-order valence-corrected chi connectivity index (χ0v) is 47.4. The molecule has 5 unspecified atom stereocenters. The molecule has 3 saturated heterocycles. The molecule has 0 saturated carbocycles. The predicted molar refractivity (Wildman–Crippen MR) is 297 cm³/mol. The minimum atomic E-state index is -1.38. The Morgan fingerprint density at radius 2 is 1.15 bits per heavy atom. The SMILES string of the molecule is CCC(=O)O[C@@H](CC(=O)NC1[C@H](OCC2O[C@H](C)C(NC(=O)C[C@@H](CC(C)C)OCc3ccccc3)[C@@H](OC(=O)C[C@@H](CC)OCc3ccccc3)[C@@H]2OCc2ccccc2)OC2COC(c3ccccc3)O[C@H]2[C@@H]1O)CC(C)C. The number of fused-ring (bicyclic) bond motifs is 1. The van der Waals surface area contributed by atoms with E-state index in [4.69, 9.17) is 47.4 Å². The summed E-state index contributed by atoms with van der Waals surface area (Å²) in [7, 11) is 0. The van der Waals surface area contributed by atoms with Gasteiger partial charge in [0.15, 0.2) is 18.7 Å². The Kier molecular flexibility index (Phi) is 24.5. The zero-order chi connectivity index (χ0) is 57.0. The summed E-state index contributed by atoms with van der Waals surface area (Å²) in [5, 5.41) is 18.4. The highest BCUT2D eigenvalue weighted by molar-refractivity contribution is 5.78. The summed E-state index contributed by atoms with van der Waals surface area (Å²) < 4.78 is 64.2. The first-order valence-corrected chi connectivity index (χ1v) is 28.5. The number of hydrogen-bond donors (Lipinski definition) is 3. The maximum atomic E-state index is 14.4. The monoisotopic (exact) mass is 1110 g/mol.